The molecule has 24 heavy (non-hydrogen) atoms. The van der Waals surface area contributed by atoms with Crippen molar-refractivity contribution in [2.75, 3.05) is 5.32 Å². The summed E-state index contributed by atoms with van der Waals surface area (Å²) in [7, 11) is 1.71. The van der Waals surface area contributed by atoms with Crippen molar-refractivity contribution >= 4 is 29.2 Å². The van der Waals surface area contributed by atoms with Gasteiger partial charge in [0.2, 0.25) is 0 Å². The number of carbonyl (C=O) groups is 2. The Bertz CT molecular complexity index is 765. The molecule has 0 bridgehead atoms. The number of nitrogens with one attached hydrogen (secondary N) is 2. The van der Waals surface area contributed by atoms with E-state index < -0.39 is 11.8 Å². The van der Waals surface area contributed by atoms with Crippen LogP contribution in [0.5, 0.6) is 0 Å². The molecule has 126 valence electrons. The highest BCUT2D eigenvalue weighted by Gasteiger charge is 2.34. The molecule has 1 aliphatic rings. The summed E-state index contributed by atoms with van der Waals surface area (Å²) in [5.74, 6) is -0.498. The number of anilines is 1. The van der Waals surface area contributed by atoms with Crippen molar-refractivity contribution in [3.63, 3.8) is 0 Å². The third-order valence-corrected chi connectivity index (χ3v) is 4.31. The van der Waals surface area contributed by atoms with Gasteiger partial charge in [0.05, 0.1) is 11.7 Å². The molecule has 1 aromatic heterocycles. The van der Waals surface area contributed by atoms with Gasteiger partial charge in [0.25, 0.3) is 0 Å². The molecule has 0 saturated heterocycles. The van der Waals surface area contributed by atoms with Crippen LogP contribution in [-0.2, 0) is 16.6 Å². The highest BCUT2D eigenvalue weighted by molar-refractivity contribution is 6.39. The highest BCUT2D eigenvalue weighted by atomic mass is 35.5. The van der Waals surface area contributed by atoms with Crippen LogP contribution < -0.4 is 10.6 Å². The average Bonchev–Trinajstić information content (AvgIpc) is 3.32. The summed E-state index contributed by atoms with van der Waals surface area (Å²) in [5.41, 5.74) is 1.73. The standard InChI is InChI=1S/C17H19ClN4O2/c1-10-9-14(22(2)21-10)19-16(23)17(24)20-15(11-3-4-11)12-5-7-13(18)8-6-12/h5-9,11,15H,3-4H2,1-2H3,(H,19,23)(H,20,24). The summed E-state index contributed by atoms with van der Waals surface area (Å²) in [4.78, 5) is 24.4. The van der Waals surface area contributed by atoms with E-state index >= 15 is 0 Å². The largest absolute Gasteiger partial charge is 0.341 e. The predicted molar refractivity (Wildman–Crippen MR) is 91.6 cm³/mol. The van der Waals surface area contributed by atoms with Crippen molar-refractivity contribution in [1.82, 2.24) is 15.1 Å². The molecule has 2 amide bonds. The first-order chi connectivity index (χ1) is 11.4. The molecule has 1 atom stereocenters. The van der Waals surface area contributed by atoms with E-state index in [0.29, 0.717) is 16.8 Å². The molecule has 0 radical (unpaired) electrons. The van der Waals surface area contributed by atoms with Gasteiger partial charge >= 0.3 is 11.8 Å². The fourth-order valence-electron chi connectivity index (χ4n) is 2.68. The quantitative estimate of drug-likeness (QED) is 0.835. The van der Waals surface area contributed by atoms with Crippen molar-refractivity contribution in [1.29, 1.82) is 0 Å². The molecule has 1 fully saturated rings. The Morgan fingerprint density at radius 2 is 1.92 bits per heavy atom. The zero-order chi connectivity index (χ0) is 17.3. The van der Waals surface area contributed by atoms with Crippen LogP contribution in [0.4, 0.5) is 5.82 Å². The maximum Gasteiger partial charge on any atom is 0.314 e. The van der Waals surface area contributed by atoms with Gasteiger partial charge in [0.1, 0.15) is 5.82 Å². The second-order valence-electron chi connectivity index (χ2n) is 6.09. The average molecular weight is 347 g/mol. The maximum atomic E-state index is 12.3. The lowest BCUT2D eigenvalue weighted by Crippen LogP contribution is -2.38. The van der Waals surface area contributed by atoms with Gasteiger partial charge in [-0.2, -0.15) is 5.10 Å². The molecule has 3 rings (SSSR count). The number of benzene rings is 1. The predicted octanol–water partition coefficient (Wildman–Crippen LogP) is 2.59. The Hall–Kier alpha value is -2.34. The second-order valence-corrected chi connectivity index (χ2v) is 6.53. The van der Waals surface area contributed by atoms with E-state index in [1.54, 1.807) is 25.2 Å². The number of hydrogen-bond donors (Lipinski definition) is 2. The Morgan fingerprint density at radius 1 is 1.25 bits per heavy atom. The molecule has 0 spiro atoms. The maximum absolute atomic E-state index is 12.3. The molecular weight excluding hydrogens is 328 g/mol. The molecule has 1 unspecified atom stereocenters. The van der Waals surface area contributed by atoms with Crippen molar-refractivity contribution < 1.29 is 9.59 Å². The molecule has 0 aliphatic heterocycles. The van der Waals surface area contributed by atoms with Gasteiger partial charge < -0.3 is 10.6 Å². The highest BCUT2D eigenvalue weighted by Crippen LogP contribution is 2.41. The van der Waals surface area contributed by atoms with E-state index in [1.165, 1.54) is 4.68 Å². The lowest BCUT2D eigenvalue weighted by Gasteiger charge is -2.18. The molecule has 1 aliphatic carbocycles. The van der Waals surface area contributed by atoms with E-state index in [-0.39, 0.29) is 6.04 Å². The molecule has 1 saturated carbocycles. The molecule has 2 N–H and O–H groups in total. The number of rotatable bonds is 4. The first-order valence-corrected chi connectivity index (χ1v) is 8.20. The summed E-state index contributed by atoms with van der Waals surface area (Å²) in [5, 5.41) is 10.2. The summed E-state index contributed by atoms with van der Waals surface area (Å²) in [6.07, 6.45) is 2.08. The number of carbonyl (C=O) groups excluding carboxylic acids is 2. The van der Waals surface area contributed by atoms with E-state index in [4.69, 9.17) is 11.6 Å². The minimum Gasteiger partial charge on any atom is -0.341 e. The summed E-state index contributed by atoms with van der Waals surface area (Å²) >= 11 is 5.92. The molecule has 1 heterocycles. The van der Waals surface area contributed by atoms with Crippen LogP contribution in [0, 0.1) is 12.8 Å². The number of amides is 2. The third-order valence-electron chi connectivity index (χ3n) is 4.06. The number of nitrogens with zero attached hydrogens (tertiary/aromatic N) is 2. The van der Waals surface area contributed by atoms with Crippen LogP contribution in [0.2, 0.25) is 5.02 Å². The molecule has 6 nitrogen and oxygen atoms in total. The van der Waals surface area contributed by atoms with Crippen LogP contribution in [-0.4, -0.2) is 21.6 Å². The number of hydrogen-bond acceptors (Lipinski definition) is 3. The molecule has 7 heteroatoms. The van der Waals surface area contributed by atoms with Gasteiger partial charge in [0, 0.05) is 18.1 Å². The third kappa shape index (κ3) is 3.76. The SMILES string of the molecule is Cc1cc(NC(=O)C(=O)NC(c2ccc(Cl)cc2)C2CC2)n(C)n1. The fourth-order valence-corrected chi connectivity index (χ4v) is 2.81. The smallest absolute Gasteiger partial charge is 0.314 e. The van der Waals surface area contributed by atoms with Crippen LogP contribution in [0.25, 0.3) is 0 Å². The summed E-state index contributed by atoms with van der Waals surface area (Å²) in [6.45, 7) is 1.82. The lowest BCUT2D eigenvalue weighted by atomic mass is 10.0. The van der Waals surface area contributed by atoms with Crippen molar-refractivity contribution in [3.05, 3.63) is 46.6 Å². The Labute approximate surface area is 145 Å². The van der Waals surface area contributed by atoms with E-state index in [1.807, 2.05) is 19.1 Å². The van der Waals surface area contributed by atoms with Crippen LogP contribution in [0.15, 0.2) is 30.3 Å². The van der Waals surface area contributed by atoms with Gasteiger partial charge in [-0.1, -0.05) is 23.7 Å². The van der Waals surface area contributed by atoms with Gasteiger partial charge in [-0.3, -0.25) is 14.3 Å². The Morgan fingerprint density at radius 3 is 2.46 bits per heavy atom. The van der Waals surface area contributed by atoms with Gasteiger partial charge in [0.15, 0.2) is 0 Å². The zero-order valence-electron chi connectivity index (χ0n) is 13.5. The first kappa shape index (κ1) is 16.5. The van der Waals surface area contributed by atoms with Gasteiger partial charge in [-0.05, 0) is 43.4 Å². The Kier molecular flexibility index (Phi) is 4.57. The van der Waals surface area contributed by atoms with Crippen LogP contribution in [0.1, 0.15) is 30.1 Å². The Balaban J connectivity index is 1.68. The van der Waals surface area contributed by atoms with Crippen LogP contribution in [0.3, 0.4) is 0 Å². The van der Waals surface area contributed by atoms with E-state index in [0.717, 1.165) is 24.1 Å². The topological polar surface area (TPSA) is 76.0 Å². The zero-order valence-corrected chi connectivity index (χ0v) is 14.3. The van der Waals surface area contributed by atoms with Crippen LogP contribution >= 0.6 is 11.6 Å². The summed E-state index contributed by atoms with van der Waals surface area (Å²) < 4.78 is 1.53. The van der Waals surface area contributed by atoms with Gasteiger partial charge in [-0.25, -0.2) is 0 Å². The molecule has 2 aromatic rings. The number of aromatic nitrogens is 2. The van der Waals surface area contributed by atoms with Crippen molar-refractivity contribution in [2.24, 2.45) is 13.0 Å². The monoisotopic (exact) mass is 346 g/mol. The second kappa shape index (κ2) is 6.65. The minimum absolute atomic E-state index is 0.172. The number of aryl methyl sites for hydroxylation is 2. The molecule has 1 aromatic carbocycles. The first-order valence-electron chi connectivity index (χ1n) is 7.82. The fraction of sp³-hybridized carbons (Fsp3) is 0.353. The van der Waals surface area contributed by atoms with E-state index in [2.05, 4.69) is 15.7 Å². The number of halogens is 1. The normalized spacial score (nSPS) is 15.0. The summed E-state index contributed by atoms with van der Waals surface area (Å²) in [6, 6.07) is 8.88. The van der Waals surface area contributed by atoms with Crippen molar-refractivity contribution in [3.8, 4) is 0 Å². The minimum atomic E-state index is -0.697. The van der Waals surface area contributed by atoms with Gasteiger partial charge in [-0.15, -0.1) is 0 Å². The van der Waals surface area contributed by atoms with E-state index in [9.17, 15) is 9.59 Å². The lowest BCUT2D eigenvalue weighted by molar-refractivity contribution is -0.136. The molecular formula is C17H19ClN4O2. The van der Waals surface area contributed by atoms with Crippen molar-refractivity contribution in [2.45, 2.75) is 25.8 Å².